The van der Waals surface area contributed by atoms with Crippen molar-refractivity contribution in [2.24, 2.45) is 5.10 Å². The molecule has 0 aromatic heterocycles. The van der Waals surface area contributed by atoms with E-state index in [4.69, 9.17) is 9.47 Å². The number of hydrogen-bond donors (Lipinski definition) is 1. The van der Waals surface area contributed by atoms with Gasteiger partial charge in [0.1, 0.15) is 0 Å². The highest BCUT2D eigenvalue weighted by Gasteiger charge is 2.21. The highest BCUT2D eigenvalue weighted by Crippen LogP contribution is 2.28. The van der Waals surface area contributed by atoms with Crippen molar-refractivity contribution in [2.75, 3.05) is 24.6 Å². The predicted molar refractivity (Wildman–Crippen MR) is 132 cm³/mol. The van der Waals surface area contributed by atoms with Crippen molar-refractivity contribution < 1.29 is 22.7 Å². The van der Waals surface area contributed by atoms with Gasteiger partial charge in [0.2, 0.25) is 0 Å². The third kappa shape index (κ3) is 5.93. The molecule has 0 saturated heterocycles. The summed E-state index contributed by atoms with van der Waals surface area (Å²) in [4.78, 5) is 12.6. The molecule has 0 spiro atoms. The van der Waals surface area contributed by atoms with E-state index < -0.39 is 15.9 Å². The Morgan fingerprint density at radius 1 is 0.941 bits per heavy atom. The predicted octanol–water partition coefficient (Wildman–Crippen LogP) is 4.07. The van der Waals surface area contributed by atoms with Crippen molar-refractivity contribution in [3.8, 4) is 11.5 Å². The first-order valence-electron chi connectivity index (χ1n) is 10.7. The number of carbonyl (C=O) groups is 1. The molecule has 1 amide bonds. The van der Waals surface area contributed by atoms with Crippen molar-refractivity contribution in [3.63, 3.8) is 0 Å². The second-order valence-corrected chi connectivity index (χ2v) is 9.07. The van der Waals surface area contributed by atoms with Gasteiger partial charge in [0.15, 0.2) is 11.5 Å². The van der Waals surface area contributed by atoms with Gasteiger partial charge in [-0.25, -0.2) is 13.8 Å². The van der Waals surface area contributed by atoms with E-state index in [0.717, 1.165) is 5.56 Å². The molecule has 0 atom stereocenters. The normalized spacial score (nSPS) is 11.3. The standard InChI is InChI=1S/C25H27N3O5S/c1-4-32-23-16-11-19(17-24(23)33-5-2)18-26-27-25(29)20-12-14-21(15-13-20)28(3)34(30,31)22-9-7-6-8-10-22/h6-18H,4-5H2,1-3H3,(H,27,29)/b26-18-. The third-order valence-electron chi connectivity index (χ3n) is 4.84. The second kappa shape index (κ2) is 11.3. The van der Waals surface area contributed by atoms with Crippen LogP contribution in [0.5, 0.6) is 11.5 Å². The van der Waals surface area contributed by atoms with Crippen LogP contribution in [0.25, 0.3) is 0 Å². The van der Waals surface area contributed by atoms with Crippen molar-refractivity contribution >= 4 is 27.8 Å². The van der Waals surface area contributed by atoms with E-state index in [9.17, 15) is 13.2 Å². The van der Waals surface area contributed by atoms with Crippen LogP contribution in [0.1, 0.15) is 29.8 Å². The van der Waals surface area contributed by atoms with E-state index in [2.05, 4.69) is 10.5 Å². The lowest BCUT2D eigenvalue weighted by Gasteiger charge is -2.19. The summed E-state index contributed by atoms with van der Waals surface area (Å²) in [5.74, 6) is 0.821. The van der Waals surface area contributed by atoms with Crippen LogP contribution in [0.3, 0.4) is 0 Å². The number of nitrogens with zero attached hydrogens (tertiary/aromatic N) is 2. The minimum absolute atomic E-state index is 0.190. The van der Waals surface area contributed by atoms with Crippen LogP contribution in [0, 0.1) is 0 Å². The summed E-state index contributed by atoms with van der Waals surface area (Å²) in [6.07, 6.45) is 1.50. The number of rotatable bonds is 10. The van der Waals surface area contributed by atoms with Crippen LogP contribution in [0.4, 0.5) is 5.69 Å². The average Bonchev–Trinajstić information content (AvgIpc) is 2.86. The van der Waals surface area contributed by atoms with Gasteiger partial charge in [0.05, 0.1) is 30.0 Å². The molecule has 0 unspecified atom stereocenters. The van der Waals surface area contributed by atoms with Crippen LogP contribution in [0.2, 0.25) is 0 Å². The van der Waals surface area contributed by atoms with Gasteiger partial charge in [0.25, 0.3) is 15.9 Å². The number of anilines is 1. The quantitative estimate of drug-likeness (QED) is 0.348. The zero-order valence-corrected chi connectivity index (χ0v) is 20.1. The second-order valence-electron chi connectivity index (χ2n) is 7.10. The SMILES string of the molecule is CCOc1ccc(/C=N\NC(=O)c2ccc(N(C)S(=O)(=O)c3ccccc3)cc2)cc1OCC. The van der Waals surface area contributed by atoms with E-state index in [0.29, 0.717) is 36.0 Å². The van der Waals surface area contributed by atoms with E-state index in [-0.39, 0.29) is 4.90 Å². The molecule has 1 N–H and O–H groups in total. The number of amides is 1. The van der Waals surface area contributed by atoms with E-state index in [1.807, 2.05) is 13.8 Å². The fourth-order valence-electron chi connectivity index (χ4n) is 3.09. The molecular formula is C25H27N3O5S. The van der Waals surface area contributed by atoms with Gasteiger partial charge in [-0.2, -0.15) is 5.10 Å². The van der Waals surface area contributed by atoms with Gasteiger partial charge in [-0.1, -0.05) is 18.2 Å². The Labute approximate surface area is 199 Å². The molecule has 0 radical (unpaired) electrons. The first kappa shape index (κ1) is 24.8. The minimum atomic E-state index is -3.69. The molecule has 0 saturated carbocycles. The summed E-state index contributed by atoms with van der Waals surface area (Å²) < 4.78 is 37.8. The number of carbonyl (C=O) groups excluding carboxylic acids is 1. The Bertz CT molecular complexity index is 1240. The third-order valence-corrected chi connectivity index (χ3v) is 6.64. The number of benzene rings is 3. The molecular weight excluding hydrogens is 454 g/mol. The van der Waals surface area contributed by atoms with Crippen LogP contribution in [-0.2, 0) is 10.0 Å². The first-order valence-corrected chi connectivity index (χ1v) is 12.2. The lowest BCUT2D eigenvalue weighted by molar-refractivity contribution is 0.0955. The smallest absolute Gasteiger partial charge is 0.271 e. The Kier molecular flexibility index (Phi) is 8.26. The lowest BCUT2D eigenvalue weighted by atomic mass is 10.2. The van der Waals surface area contributed by atoms with Gasteiger partial charge in [0, 0.05) is 12.6 Å². The monoisotopic (exact) mass is 481 g/mol. The van der Waals surface area contributed by atoms with E-state index in [1.54, 1.807) is 60.7 Å². The van der Waals surface area contributed by atoms with Gasteiger partial charge in [-0.3, -0.25) is 9.10 Å². The largest absolute Gasteiger partial charge is 0.490 e. The molecule has 0 bridgehead atoms. The molecule has 3 aromatic carbocycles. The average molecular weight is 482 g/mol. The number of hydrogen-bond acceptors (Lipinski definition) is 6. The van der Waals surface area contributed by atoms with Crippen LogP contribution < -0.4 is 19.2 Å². The van der Waals surface area contributed by atoms with Crippen molar-refractivity contribution in [1.82, 2.24) is 5.43 Å². The summed E-state index contributed by atoms with van der Waals surface area (Å²) in [7, 11) is -2.23. The highest BCUT2D eigenvalue weighted by molar-refractivity contribution is 7.92. The molecule has 0 aliphatic heterocycles. The van der Waals surface area contributed by atoms with Gasteiger partial charge >= 0.3 is 0 Å². The number of ether oxygens (including phenoxy) is 2. The molecule has 9 heteroatoms. The van der Waals surface area contributed by atoms with Crippen LogP contribution in [-0.4, -0.2) is 40.8 Å². The van der Waals surface area contributed by atoms with Gasteiger partial charge in [-0.05, 0) is 74.0 Å². The Balaban J connectivity index is 1.66. The lowest BCUT2D eigenvalue weighted by Crippen LogP contribution is -2.26. The van der Waals surface area contributed by atoms with Crippen LogP contribution >= 0.6 is 0 Å². The zero-order valence-electron chi connectivity index (χ0n) is 19.3. The summed E-state index contributed by atoms with van der Waals surface area (Å²) in [5.41, 5.74) is 3.97. The fourth-order valence-corrected chi connectivity index (χ4v) is 4.31. The van der Waals surface area contributed by atoms with Crippen molar-refractivity contribution in [3.05, 3.63) is 83.9 Å². The Hall–Kier alpha value is -3.85. The summed E-state index contributed by atoms with van der Waals surface area (Å²) in [6.45, 7) is 4.80. The van der Waals surface area contributed by atoms with Gasteiger partial charge in [-0.15, -0.1) is 0 Å². The van der Waals surface area contributed by atoms with Gasteiger partial charge < -0.3 is 9.47 Å². The maximum Gasteiger partial charge on any atom is 0.271 e. The zero-order chi connectivity index (χ0) is 24.6. The fraction of sp³-hybridized carbons (Fsp3) is 0.200. The maximum absolute atomic E-state index is 12.8. The Morgan fingerprint density at radius 3 is 2.24 bits per heavy atom. The molecule has 0 fully saturated rings. The van der Waals surface area contributed by atoms with Crippen molar-refractivity contribution in [2.45, 2.75) is 18.7 Å². The highest BCUT2D eigenvalue weighted by atomic mass is 32.2. The summed E-state index contributed by atoms with van der Waals surface area (Å²) in [6, 6.07) is 19.8. The first-order chi connectivity index (χ1) is 16.4. The molecule has 0 aliphatic rings. The number of hydrazone groups is 1. The number of sulfonamides is 1. The molecule has 178 valence electrons. The molecule has 0 aliphatic carbocycles. The summed E-state index contributed by atoms with van der Waals surface area (Å²) in [5, 5.41) is 4.00. The molecule has 8 nitrogen and oxygen atoms in total. The topological polar surface area (TPSA) is 97.3 Å². The minimum Gasteiger partial charge on any atom is -0.490 e. The van der Waals surface area contributed by atoms with Crippen molar-refractivity contribution in [1.29, 1.82) is 0 Å². The number of nitrogens with one attached hydrogen (secondary N) is 1. The maximum atomic E-state index is 12.8. The Morgan fingerprint density at radius 2 is 1.59 bits per heavy atom. The molecule has 34 heavy (non-hydrogen) atoms. The van der Waals surface area contributed by atoms with E-state index in [1.165, 1.54) is 29.7 Å². The molecule has 3 rings (SSSR count). The van der Waals surface area contributed by atoms with E-state index >= 15 is 0 Å². The van der Waals surface area contributed by atoms with Crippen LogP contribution in [0.15, 0.2) is 82.8 Å². The molecule has 3 aromatic rings. The summed E-state index contributed by atoms with van der Waals surface area (Å²) >= 11 is 0. The molecule has 0 heterocycles.